The number of carbonyl (C=O) groups excluding carboxylic acids is 2. The molecular formula is C19H27N5O2. The molecule has 0 atom stereocenters. The molecule has 1 spiro atoms. The fourth-order valence-corrected chi connectivity index (χ4v) is 4.26. The minimum Gasteiger partial charge on any atom is -0.354 e. The third-order valence-electron chi connectivity index (χ3n) is 6.06. The maximum atomic E-state index is 13.0. The number of rotatable bonds is 3. The Morgan fingerprint density at radius 3 is 2.54 bits per heavy atom. The molecule has 1 N–H and O–H groups in total. The second-order valence-electron chi connectivity index (χ2n) is 7.86. The molecule has 1 aliphatic carbocycles. The molecule has 3 amide bonds. The zero-order valence-corrected chi connectivity index (χ0v) is 15.4. The molecule has 3 fully saturated rings. The van der Waals surface area contributed by atoms with Crippen LogP contribution in [0.1, 0.15) is 32.6 Å². The van der Waals surface area contributed by atoms with Crippen LogP contribution in [0.4, 0.5) is 10.6 Å². The molecule has 7 nitrogen and oxygen atoms in total. The number of nitrogens with one attached hydrogen (secondary N) is 1. The summed E-state index contributed by atoms with van der Waals surface area (Å²) in [5.74, 6) is 1.60. The third-order valence-corrected chi connectivity index (χ3v) is 6.06. The maximum Gasteiger partial charge on any atom is 0.326 e. The standard InChI is InChI=1S/C19H27N5O2/c1-15-5-7-19(8-6-15)17(25)24(18(26)21-19)14-22-10-12-23(13-11-22)16-4-2-3-9-20-16/h2-4,9,15H,5-8,10-14H2,1H3,(H,21,26). The molecule has 0 radical (unpaired) electrons. The van der Waals surface area contributed by atoms with E-state index in [0.717, 1.165) is 57.7 Å². The van der Waals surface area contributed by atoms with E-state index in [4.69, 9.17) is 0 Å². The molecule has 3 heterocycles. The number of pyridine rings is 1. The van der Waals surface area contributed by atoms with Gasteiger partial charge in [-0.15, -0.1) is 0 Å². The van der Waals surface area contributed by atoms with E-state index >= 15 is 0 Å². The predicted octanol–water partition coefficient (Wildman–Crippen LogP) is 1.66. The first-order valence-electron chi connectivity index (χ1n) is 9.60. The molecule has 1 aromatic heterocycles. The molecule has 2 aliphatic heterocycles. The lowest BCUT2D eigenvalue weighted by Crippen LogP contribution is -2.52. The molecule has 140 valence electrons. The number of carbonyl (C=O) groups is 2. The van der Waals surface area contributed by atoms with Crippen molar-refractivity contribution in [1.82, 2.24) is 20.1 Å². The molecular weight excluding hydrogens is 330 g/mol. The van der Waals surface area contributed by atoms with Crippen LogP contribution in [0.2, 0.25) is 0 Å². The summed E-state index contributed by atoms with van der Waals surface area (Å²) in [5.41, 5.74) is -0.640. The SMILES string of the molecule is CC1CCC2(CC1)NC(=O)N(CN1CCN(c3ccccn3)CC1)C2=O. The predicted molar refractivity (Wildman–Crippen MR) is 98.6 cm³/mol. The molecule has 0 unspecified atom stereocenters. The van der Waals surface area contributed by atoms with Gasteiger partial charge in [0.25, 0.3) is 5.91 Å². The number of anilines is 1. The molecule has 0 aromatic carbocycles. The first-order chi connectivity index (χ1) is 12.6. The van der Waals surface area contributed by atoms with E-state index < -0.39 is 5.54 Å². The molecule has 26 heavy (non-hydrogen) atoms. The van der Waals surface area contributed by atoms with Crippen LogP contribution in [0.3, 0.4) is 0 Å². The Morgan fingerprint density at radius 2 is 1.88 bits per heavy atom. The Kier molecular flexibility index (Phi) is 4.56. The van der Waals surface area contributed by atoms with Gasteiger partial charge in [0.05, 0.1) is 6.67 Å². The molecule has 4 rings (SSSR count). The summed E-state index contributed by atoms with van der Waals surface area (Å²) < 4.78 is 0. The van der Waals surface area contributed by atoms with Gasteiger partial charge in [-0.3, -0.25) is 9.69 Å². The number of hydrogen-bond donors (Lipinski definition) is 1. The Balaban J connectivity index is 1.35. The van der Waals surface area contributed by atoms with Crippen molar-refractivity contribution in [3.8, 4) is 0 Å². The second kappa shape index (κ2) is 6.87. The Hall–Kier alpha value is -2.15. The summed E-state index contributed by atoms with van der Waals surface area (Å²) in [7, 11) is 0. The van der Waals surface area contributed by atoms with E-state index in [0.29, 0.717) is 12.6 Å². The number of aromatic nitrogens is 1. The monoisotopic (exact) mass is 357 g/mol. The number of hydrogen-bond acceptors (Lipinski definition) is 5. The van der Waals surface area contributed by atoms with Crippen molar-refractivity contribution in [3.05, 3.63) is 24.4 Å². The van der Waals surface area contributed by atoms with Crippen molar-refractivity contribution >= 4 is 17.8 Å². The summed E-state index contributed by atoms with van der Waals surface area (Å²) in [6, 6.07) is 5.70. The fourth-order valence-electron chi connectivity index (χ4n) is 4.26. The van der Waals surface area contributed by atoms with Gasteiger partial charge >= 0.3 is 6.03 Å². The highest BCUT2D eigenvalue weighted by Gasteiger charge is 2.52. The van der Waals surface area contributed by atoms with Crippen LogP contribution in [0.5, 0.6) is 0 Å². The highest BCUT2D eigenvalue weighted by atomic mass is 16.2. The molecule has 1 aromatic rings. The van der Waals surface area contributed by atoms with Crippen molar-refractivity contribution in [2.45, 2.75) is 38.1 Å². The summed E-state index contributed by atoms with van der Waals surface area (Å²) in [4.78, 5) is 35.6. The van der Waals surface area contributed by atoms with Gasteiger partial charge in [-0.25, -0.2) is 14.7 Å². The van der Waals surface area contributed by atoms with E-state index in [1.807, 2.05) is 18.2 Å². The number of piperazine rings is 1. The lowest BCUT2D eigenvalue weighted by molar-refractivity contribution is -0.134. The van der Waals surface area contributed by atoms with Gasteiger partial charge in [0.2, 0.25) is 0 Å². The Bertz CT molecular complexity index is 664. The first-order valence-corrected chi connectivity index (χ1v) is 9.60. The smallest absolute Gasteiger partial charge is 0.326 e. The van der Waals surface area contributed by atoms with E-state index in [9.17, 15) is 9.59 Å². The largest absolute Gasteiger partial charge is 0.354 e. The van der Waals surface area contributed by atoms with Crippen LogP contribution in [0, 0.1) is 5.92 Å². The summed E-state index contributed by atoms with van der Waals surface area (Å²) in [6.07, 6.45) is 5.34. The van der Waals surface area contributed by atoms with Gasteiger partial charge in [-0.1, -0.05) is 13.0 Å². The van der Waals surface area contributed by atoms with Crippen LogP contribution in [-0.4, -0.2) is 65.1 Å². The summed E-state index contributed by atoms with van der Waals surface area (Å²) >= 11 is 0. The second-order valence-corrected chi connectivity index (χ2v) is 7.86. The Morgan fingerprint density at radius 1 is 1.15 bits per heavy atom. The van der Waals surface area contributed by atoms with Crippen molar-refractivity contribution in [2.75, 3.05) is 37.7 Å². The van der Waals surface area contributed by atoms with E-state index in [2.05, 4.69) is 27.0 Å². The van der Waals surface area contributed by atoms with Gasteiger partial charge in [-0.2, -0.15) is 0 Å². The normalized spacial score (nSPS) is 30.1. The van der Waals surface area contributed by atoms with Crippen molar-refractivity contribution < 1.29 is 9.59 Å². The highest BCUT2D eigenvalue weighted by Crippen LogP contribution is 2.36. The van der Waals surface area contributed by atoms with E-state index in [-0.39, 0.29) is 11.9 Å². The zero-order chi connectivity index (χ0) is 18.1. The van der Waals surface area contributed by atoms with Crippen molar-refractivity contribution in [3.63, 3.8) is 0 Å². The number of imide groups is 1. The summed E-state index contributed by atoms with van der Waals surface area (Å²) in [6.45, 7) is 5.94. The Labute approximate surface area is 154 Å². The quantitative estimate of drug-likeness (QED) is 0.834. The molecule has 1 saturated carbocycles. The third kappa shape index (κ3) is 3.16. The zero-order valence-electron chi connectivity index (χ0n) is 15.4. The molecule has 0 bridgehead atoms. The minimum absolute atomic E-state index is 0.0263. The number of amides is 3. The van der Waals surface area contributed by atoms with Crippen LogP contribution < -0.4 is 10.2 Å². The van der Waals surface area contributed by atoms with Crippen LogP contribution in [0.15, 0.2) is 24.4 Å². The lowest BCUT2D eigenvalue weighted by atomic mass is 9.77. The molecule has 3 aliphatic rings. The van der Waals surface area contributed by atoms with Gasteiger partial charge < -0.3 is 10.2 Å². The van der Waals surface area contributed by atoms with E-state index in [1.54, 1.807) is 6.20 Å². The number of nitrogens with zero attached hydrogens (tertiary/aromatic N) is 4. The molecule has 2 saturated heterocycles. The fraction of sp³-hybridized carbons (Fsp3) is 0.632. The average molecular weight is 357 g/mol. The lowest BCUT2D eigenvalue weighted by Gasteiger charge is -2.37. The number of urea groups is 1. The van der Waals surface area contributed by atoms with Crippen LogP contribution in [-0.2, 0) is 4.79 Å². The van der Waals surface area contributed by atoms with Crippen molar-refractivity contribution in [1.29, 1.82) is 0 Å². The van der Waals surface area contributed by atoms with E-state index in [1.165, 1.54) is 4.90 Å². The van der Waals surface area contributed by atoms with Crippen LogP contribution >= 0.6 is 0 Å². The van der Waals surface area contributed by atoms with Gasteiger partial charge in [0, 0.05) is 32.4 Å². The van der Waals surface area contributed by atoms with Gasteiger partial charge in [0.1, 0.15) is 11.4 Å². The maximum absolute atomic E-state index is 13.0. The van der Waals surface area contributed by atoms with Gasteiger partial charge in [0.15, 0.2) is 0 Å². The van der Waals surface area contributed by atoms with Crippen LogP contribution in [0.25, 0.3) is 0 Å². The minimum atomic E-state index is -0.640. The topological polar surface area (TPSA) is 68.8 Å². The average Bonchev–Trinajstić information content (AvgIpc) is 2.90. The van der Waals surface area contributed by atoms with Crippen molar-refractivity contribution in [2.24, 2.45) is 5.92 Å². The molecule has 7 heteroatoms. The van der Waals surface area contributed by atoms with Gasteiger partial charge in [-0.05, 0) is 43.7 Å². The highest BCUT2D eigenvalue weighted by molar-refractivity contribution is 6.07. The first kappa shape index (κ1) is 17.3. The summed E-state index contributed by atoms with van der Waals surface area (Å²) in [5, 5.41) is 3.00.